The van der Waals surface area contributed by atoms with E-state index in [-0.39, 0.29) is 0 Å². The number of hydrogen-bond donors (Lipinski definition) is 1. The van der Waals surface area contributed by atoms with E-state index in [2.05, 4.69) is 5.10 Å². The average Bonchev–Trinajstić information content (AvgIpc) is 2.72. The second kappa shape index (κ2) is 5.04. The van der Waals surface area contributed by atoms with Crippen LogP contribution in [0.15, 0.2) is 36.4 Å². The van der Waals surface area contributed by atoms with E-state index in [1.54, 1.807) is 11.6 Å². The van der Waals surface area contributed by atoms with Crippen LogP contribution in [0.1, 0.15) is 12.6 Å². The number of carbonyl (C=O) groups is 1. The van der Waals surface area contributed by atoms with Gasteiger partial charge < -0.3 is 5.11 Å². The summed E-state index contributed by atoms with van der Waals surface area (Å²) < 4.78 is 1.75. The average molecular weight is 244 g/mol. The fourth-order valence-corrected chi connectivity index (χ4v) is 1.85. The minimum absolute atomic E-state index is 0.399. The number of aromatic nitrogens is 2. The number of rotatable bonds is 4. The van der Waals surface area contributed by atoms with Crippen molar-refractivity contribution in [3.05, 3.63) is 42.1 Å². The Morgan fingerprint density at radius 3 is 2.67 bits per heavy atom. The smallest absolute Gasteiger partial charge is 0.306 e. The van der Waals surface area contributed by atoms with Crippen LogP contribution in [0.25, 0.3) is 11.3 Å². The quantitative estimate of drug-likeness (QED) is 0.898. The molecule has 1 unspecified atom stereocenters. The van der Waals surface area contributed by atoms with Gasteiger partial charge in [-0.05, 0) is 6.07 Å². The molecule has 0 aliphatic carbocycles. The zero-order valence-corrected chi connectivity index (χ0v) is 10.5. The molecule has 0 amide bonds. The van der Waals surface area contributed by atoms with Gasteiger partial charge in [0.05, 0.1) is 11.6 Å². The van der Waals surface area contributed by atoms with Gasteiger partial charge in [-0.15, -0.1) is 0 Å². The maximum absolute atomic E-state index is 10.9. The van der Waals surface area contributed by atoms with Crippen LogP contribution < -0.4 is 0 Å². The standard InChI is InChI=1S/C14H16N2O2/c1-10(14(17)18)8-12-9-13(15-16(12)2)11-6-4-3-5-7-11/h3-7,9-10H,8H2,1-2H3,(H,17,18). The molecule has 0 aliphatic rings. The van der Waals surface area contributed by atoms with E-state index in [0.717, 1.165) is 17.0 Å². The zero-order chi connectivity index (χ0) is 13.1. The van der Waals surface area contributed by atoms with Crippen LogP contribution in [0, 0.1) is 5.92 Å². The van der Waals surface area contributed by atoms with E-state index in [1.165, 1.54) is 0 Å². The van der Waals surface area contributed by atoms with Crippen molar-refractivity contribution in [2.45, 2.75) is 13.3 Å². The molecule has 4 nitrogen and oxygen atoms in total. The fourth-order valence-electron chi connectivity index (χ4n) is 1.85. The van der Waals surface area contributed by atoms with Crippen LogP contribution in [0.5, 0.6) is 0 Å². The Morgan fingerprint density at radius 1 is 1.39 bits per heavy atom. The zero-order valence-electron chi connectivity index (χ0n) is 10.5. The van der Waals surface area contributed by atoms with E-state index in [9.17, 15) is 4.79 Å². The second-order valence-corrected chi connectivity index (χ2v) is 4.45. The molecule has 1 atom stereocenters. The van der Waals surface area contributed by atoms with Crippen LogP contribution in [0.4, 0.5) is 0 Å². The third-order valence-corrected chi connectivity index (χ3v) is 2.98. The summed E-state index contributed by atoms with van der Waals surface area (Å²) in [5.74, 6) is -1.18. The van der Waals surface area contributed by atoms with Crippen molar-refractivity contribution in [2.24, 2.45) is 13.0 Å². The molecule has 18 heavy (non-hydrogen) atoms. The number of aryl methyl sites for hydroxylation is 1. The normalized spacial score (nSPS) is 12.3. The summed E-state index contributed by atoms with van der Waals surface area (Å²) in [5.41, 5.74) is 2.86. The Kier molecular flexibility index (Phi) is 3.46. The number of carboxylic acids is 1. The topological polar surface area (TPSA) is 55.1 Å². The van der Waals surface area contributed by atoms with Gasteiger partial charge in [-0.25, -0.2) is 0 Å². The van der Waals surface area contributed by atoms with Gasteiger partial charge in [-0.1, -0.05) is 37.3 Å². The van der Waals surface area contributed by atoms with Gasteiger partial charge >= 0.3 is 5.97 Å². The van der Waals surface area contributed by atoms with Crippen molar-refractivity contribution in [1.29, 1.82) is 0 Å². The first-order chi connectivity index (χ1) is 8.58. The van der Waals surface area contributed by atoms with Gasteiger partial charge in [-0.3, -0.25) is 9.48 Å². The van der Waals surface area contributed by atoms with Crippen LogP contribution in [0.3, 0.4) is 0 Å². The largest absolute Gasteiger partial charge is 0.481 e. The lowest BCUT2D eigenvalue weighted by atomic mass is 10.0. The minimum atomic E-state index is -0.780. The Hall–Kier alpha value is -2.10. The van der Waals surface area contributed by atoms with Gasteiger partial charge in [0, 0.05) is 24.7 Å². The summed E-state index contributed by atoms with van der Waals surface area (Å²) in [5, 5.41) is 13.3. The lowest BCUT2D eigenvalue weighted by Gasteiger charge is -2.05. The van der Waals surface area contributed by atoms with E-state index in [0.29, 0.717) is 6.42 Å². The molecule has 0 saturated carbocycles. The SMILES string of the molecule is CC(Cc1cc(-c2ccccc2)nn1C)C(=O)O. The van der Waals surface area contributed by atoms with Gasteiger partial charge in [0.15, 0.2) is 0 Å². The molecule has 2 rings (SSSR count). The maximum Gasteiger partial charge on any atom is 0.306 e. The molecule has 2 aromatic rings. The first-order valence-electron chi connectivity index (χ1n) is 5.89. The van der Waals surface area contributed by atoms with Crippen molar-refractivity contribution in [3.8, 4) is 11.3 Å². The number of aliphatic carboxylic acids is 1. The van der Waals surface area contributed by atoms with Crippen molar-refractivity contribution in [2.75, 3.05) is 0 Å². The predicted molar refractivity (Wildman–Crippen MR) is 69.1 cm³/mol. The molecule has 0 radical (unpaired) electrons. The van der Waals surface area contributed by atoms with Crippen molar-refractivity contribution >= 4 is 5.97 Å². The highest BCUT2D eigenvalue weighted by molar-refractivity contribution is 5.70. The summed E-state index contributed by atoms with van der Waals surface area (Å²) in [6.45, 7) is 1.71. The number of carboxylic acid groups (broad SMARTS) is 1. The fraction of sp³-hybridized carbons (Fsp3) is 0.286. The molecule has 0 aliphatic heterocycles. The molecule has 1 N–H and O–H groups in total. The molecule has 0 saturated heterocycles. The van der Waals surface area contributed by atoms with Gasteiger partial charge in [0.1, 0.15) is 0 Å². The lowest BCUT2D eigenvalue weighted by Crippen LogP contribution is -2.14. The third-order valence-electron chi connectivity index (χ3n) is 2.98. The van der Waals surface area contributed by atoms with E-state index in [4.69, 9.17) is 5.11 Å². The summed E-state index contributed by atoms with van der Waals surface area (Å²) >= 11 is 0. The highest BCUT2D eigenvalue weighted by Crippen LogP contribution is 2.19. The first-order valence-corrected chi connectivity index (χ1v) is 5.89. The highest BCUT2D eigenvalue weighted by Gasteiger charge is 2.15. The number of nitrogens with zero attached hydrogens (tertiary/aromatic N) is 2. The molecular formula is C14H16N2O2. The van der Waals surface area contributed by atoms with Crippen molar-refractivity contribution in [3.63, 3.8) is 0 Å². The first kappa shape index (κ1) is 12.4. The summed E-state index contributed by atoms with van der Waals surface area (Å²) in [6, 6.07) is 11.8. The van der Waals surface area contributed by atoms with Crippen LogP contribution >= 0.6 is 0 Å². The number of benzene rings is 1. The molecule has 0 bridgehead atoms. The molecule has 94 valence electrons. The minimum Gasteiger partial charge on any atom is -0.481 e. The molecule has 1 aromatic heterocycles. The molecular weight excluding hydrogens is 228 g/mol. The van der Waals surface area contributed by atoms with E-state index >= 15 is 0 Å². The Balaban J connectivity index is 2.25. The molecule has 1 heterocycles. The Morgan fingerprint density at radius 2 is 2.06 bits per heavy atom. The predicted octanol–water partition coefficient (Wildman–Crippen LogP) is 2.35. The molecule has 1 aromatic carbocycles. The lowest BCUT2D eigenvalue weighted by molar-refractivity contribution is -0.141. The molecule has 0 fully saturated rings. The van der Waals surface area contributed by atoms with Crippen LogP contribution in [-0.2, 0) is 18.3 Å². The van der Waals surface area contributed by atoms with Gasteiger partial charge in [-0.2, -0.15) is 5.10 Å². The van der Waals surface area contributed by atoms with Crippen LogP contribution in [0.2, 0.25) is 0 Å². The third kappa shape index (κ3) is 2.59. The second-order valence-electron chi connectivity index (χ2n) is 4.45. The Labute approximate surface area is 106 Å². The van der Waals surface area contributed by atoms with E-state index in [1.807, 2.05) is 43.4 Å². The summed E-state index contributed by atoms with van der Waals surface area (Å²) in [4.78, 5) is 10.9. The molecule has 0 spiro atoms. The monoisotopic (exact) mass is 244 g/mol. The summed E-state index contributed by atoms with van der Waals surface area (Å²) in [6.07, 6.45) is 0.492. The van der Waals surface area contributed by atoms with E-state index < -0.39 is 11.9 Å². The molecule has 4 heteroatoms. The summed E-state index contributed by atoms with van der Waals surface area (Å²) in [7, 11) is 1.84. The Bertz CT molecular complexity index is 546. The highest BCUT2D eigenvalue weighted by atomic mass is 16.4. The van der Waals surface area contributed by atoms with Gasteiger partial charge in [0.25, 0.3) is 0 Å². The maximum atomic E-state index is 10.9. The van der Waals surface area contributed by atoms with Crippen molar-refractivity contribution in [1.82, 2.24) is 9.78 Å². The van der Waals surface area contributed by atoms with Crippen LogP contribution in [-0.4, -0.2) is 20.9 Å². The van der Waals surface area contributed by atoms with Gasteiger partial charge in [0.2, 0.25) is 0 Å². The van der Waals surface area contributed by atoms with Crippen molar-refractivity contribution < 1.29 is 9.90 Å². The number of hydrogen-bond acceptors (Lipinski definition) is 2.